The van der Waals surface area contributed by atoms with E-state index in [1.807, 2.05) is 6.21 Å². The fourth-order valence-electron chi connectivity index (χ4n) is 3.31. The highest BCUT2D eigenvalue weighted by atomic mass is 16.5. The van der Waals surface area contributed by atoms with Crippen LogP contribution < -0.4 is 10.6 Å². The summed E-state index contributed by atoms with van der Waals surface area (Å²) in [5.74, 6) is 0.765. The smallest absolute Gasteiger partial charge is 0.305 e. The Morgan fingerprint density at radius 1 is 0.939 bits per heavy atom. The standard InChI is InChI=1S/C27H54N4O2/c1-8-9-10-11-12-13-14-15-16-18-25(32)33-22-27(6,7)21-28-19-17-20-29-26(30-23(2)3)31-24(4)5/h21,23-24H,8-20,22H2,1-7H3,(H2,29,30,31). The largest absolute Gasteiger partial charge is 0.465 e. The Morgan fingerprint density at radius 2 is 1.55 bits per heavy atom. The topological polar surface area (TPSA) is 75.1 Å². The summed E-state index contributed by atoms with van der Waals surface area (Å²) >= 11 is 0. The molecule has 6 heteroatoms. The van der Waals surface area contributed by atoms with Crippen LogP contribution in [0.1, 0.15) is 119 Å². The molecule has 0 atom stereocenters. The average Bonchev–Trinajstić information content (AvgIpc) is 2.72. The van der Waals surface area contributed by atoms with Crippen LogP contribution in [0, 0.1) is 5.41 Å². The highest BCUT2D eigenvalue weighted by Gasteiger charge is 2.17. The molecule has 33 heavy (non-hydrogen) atoms. The van der Waals surface area contributed by atoms with Crippen LogP contribution in [0.2, 0.25) is 0 Å². The van der Waals surface area contributed by atoms with Crippen LogP contribution in [-0.2, 0) is 9.53 Å². The molecule has 0 aliphatic carbocycles. The van der Waals surface area contributed by atoms with Crippen LogP contribution in [0.5, 0.6) is 0 Å². The third-order valence-electron chi connectivity index (χ3n) is 5.10. The first-order valence-corrected chi connectivity index (χ1v) is 13.4. The first kappa shape index (κ1) is 31.4. The van der Waals surface area contributed by atoms with Gasteiger partial charge in [0.1, 0.15) is 6.61 Å². The average molecular weight is 467 g/mol. The molecule has 0 rings (SSSR count). The highest BCUT2D eigenvalue weighted by molar-refractivity contribution is 5.80. The molecule has 0 radical (unpaired) electrons. The van der Waals surface area contributed by atoms with E-state index in [4.69, 9.17) is 4.74 Å². The van der Waals surface area contributed by atoms with Gasteiger partial charge in [0.05, 0.1) is 0 Å². The fraction of sp³-hybridized carbons (Fsp3) is 0.889. The van der Waals surface area contributed by atoms with Crippen LogP contribution in [0.25, 0.3) is 0 Å². The van der Waals surface area contributed by atoms with E-state index in [0.717, 1.165) is 38.3 Å². The number of esters is 1. The molecule has 0 fully saturated rings. The predicted molar refractivity (Wildman–Crippen MR) is 143 cm³/mol. The monoisotopic (exact) mass is 466 g/mol. The van der Waals surface area contributed by atoms with Gasteiger partial charge >= 0.3 is 5.97 Å². The summed E-state index contributed by atoms with van der Waals surface area (Å²) in [5, 5.41) is 6.70. The molecule has 0 saturated carbocycles. The summed E-state index contributed by atoms with van der Waals surface area (Å²) in [6.07, 6.45) is 14.6. The number of hydrogen-bond donors (Lipinski definition) is 2. The minimum absolute atomic E-state index is 0.0850. The van der Waals surface area contributed by atoms with Crippen molar-refractivity contribution in [3.8, 4) is 0 Å². The summed E-state index contributed by atoms with van der Waals surface area (Å²) in [4.78, 5) is 21.2. The van der Waals surface area contributed by atoms with Crippen molar-refractivity contribution in [3.05, 3.63) is 0 Å². The maximum absolute atomic E-state index is 12.0. The summed E-state index contributed by atoms with van der Waals surface area (Å²) in [6, 6.07) is 0.595. The van der Waals surface area contributed by atoms with Crippen molar-refractivity contribution in [1.82, 2.24) is 10.6 Å². The van der Waals surface area contributed by atoms with Gasteiger partial charge in [0.2, 0.25) is 0 Å². The van der Waals surface area contributed by atoms with Crippen molar-refractivity contribution in [1.29, 1.82) is 0 Å². The number of carbonyl (C=O) groups excluding carboxylic acids is 1. The summed E-state index contributed by atoms with van der Waals surface area (Å²) in [7, 11) is 0. The molecule has 0 aliphatic rings. The zero-order valence-corrected chi connectivity index (χ0v) is 22.8. The van der Waals surface area contributed by atoms with Gasteiger partial charge in [-0.05, 0) is 40.5 Å². The van der Waals surface area contributed by atoms with Crippen LogP contribution in [0.4, 0.5) is 0 Å². The molecule has 6 nitrogen and oxygen atoms in total. The molecule has 0 spiro atoms. The Morgan fingerprint density at radius 3 is 2.12 bits per heavy atom. The van der Waals surface area contributed by atoms with Crippen molar-refractivity contribution in [2.45, 2.75) is 131 Å². The van der Waals surface area contributed by atoms with E-state index in [1.54, 1.807) is 0 Å². The van der Waals surface area contributed by atoms with E-state index in [1.165, 1.54) is 44.9 Å². The number of rotatable bonds is 19. The van der Waals surface area contributed by atoms with Gasteiger partial charge in [-0.2, -0.15) is 0 Å². The third-order valence-corrected chi connectivity index (χ3v) is 5.10. The summed E-state index contributed by atoms with van der Waals surface area (Å²) in [5.41, 5.74) is -0.245. The van der Waals surface area contributed by atoms with Gasteiger partial charge in [0, 0.05) is 43.2 Å². The Balaban J connectivity index is 3.91. The van der Waals surface area contributed by atoms with E-state index >= 15 is 0 Å². The maximum Gasteiger partial charge on any atom is 0.305 e. The number of hydrogen-bond acceptors (Lipinski definition) is 4. The van der Waals surface area contributed by atoms with Crippen LogP contribution in [-0.4, -0.2) is 49.9 Å². The van der Waals surface area contributed by atoms with Crippen molar-refractivity contribution < 1.29 is 9.53 Å². The van der Waals surface area contributed by atoms with Crippen LogP contribution in [0.3, 0.4) is 0 Å². The zero-order chi connectivity index (χ0) is 25.0. The fourth-order valence-corrected chi connectivity index (χ4v) is 3.31. The number of guanidine groups is 1. The second-order valence-corrected chi connectivity index (χ2v) is 10.4. The lowest BCUT2D eigenvalue weighted by molar-refractivity contribution is -0.145. The minimum atomic E-state index is -0.245. The number of unbranched alkanes of at least 4 members (excludes halogenated alkanes) is 8. The SMILES string of the molecule is CCCCCCCCCCCC(=O)OCC(C)(C)C=NCCCNC(=NC(C)C)NC(C)C. The van der Waals surface area contributed by atoms with Crippen molar-refractivity contribution in [2.24, 2.45) is 15.4 Å². The lowest BCUT2D eigenvalue weighted by Crippen LogP contribution is -2.42. The van der Waals surface area contributed by atoms with E-state index in [0.29, 0.717) is 19.1 Å². The highest BCUT2D eigenvalue weighted by Crippen LogP contribution is 2.14. The second kappa shape index (κ2) is 19.8. The number of carbonyl (C=O) groups is 1. The molecule has 194 valence electrons. The van der Waals surface area contributed by atoms with Gasteiger partial charge in [-0.25, -0.2) is 0 Å². The first-order chi connectivity index (χ1) is 15.7. The number of ether oxygens (including phenoxy) is 1. The number of nitrogens with zero attached hydrogens (tertiary/aromatic N) is 2. The minimum Gasteiger partial charge on any atom is -0.465 e. The Labute approximate surface area is 204 Å². The lowest BCUT2D eigenvalue weighted by Gasteiger charge is -2.19. The number of nitrogens with one attached hydrogen (secondary N) is 2. The van der Waals surface area contributed by atoms with Crippen molar-refractivity contribution in [2.75, 3.05) is 19.7 Å². The molecule has 0 aromatic rings. The van der Waals surface area contributed by atoms with Crippen LogP contribution >= 0.6 is 0 Å². The molecular formula is C27H54N4O2. The van der Waals surface area contributed by atoms with Crippen LogP contribution in [0.15, 0.2) is 9.98 Å². The second-order valence-electron chi connectivity index (χ2n) is 10.4. The van der Waals surface area contributed by atoms with Gasteiger partial charge in [-0.1, -0.05) is 72.1 Å². The summed E-state index contributed by atoms with van der Waals surface area (Å²) < 4.78 is 5.50. The quantitative estimate of drug-likeness (QED) is 0.101. The molecule has 0 aliphatic heterocycles. The Hall–Kier alpha value is -1.59. The molecule has 0 aromatic heterocycles. The van der Waals surface area contributed by atoms with Gasteiger partial charge in [-0.15, -0.1) is 0 Å². The van der Waals surface area contributed by atoms with E-state index in [9.17, 15) is 4.79 Å². The lowest BCUT2D eigenvalue weighted by atomic mass is 9.97. The Kier molecular flexibility index (Phi) is 18.9. The molecule has 0 bridgehead atoms. The van der Waals surface area contributed by atoms with Crippen molar-refractivity contribution in [3.63, 3.8) is 0 Å². The predicted octanol–water partition coefficient (Wildman–Crippen LogP) is 6.29. The molecule has 0 heterocycles. The zero-order valence-electron chi connectivity index (χ0n) is 22.8. The van der Waals surface area contributed by atoms with Gasteiger partial charge in [0.25, 0.3) is 0 Å². The van der Waals surface area contributed by atoms with Gasteiger partial charge < -0.3 is 15.4 Å². The molecule has 0 unspecified atom stereocenters. The van der Waals surface area contributed by atoms with Crippen molar-refractivity contribution >= 4 is 18.1 Å². The molecule has 2 N–H and O–H groups in total. The van der Waals surface area contributed by atoms with E-state index in [-0.39, 0.29) is 17.4 Å². The van der Waals surface area contributed by atoms with Gasteiger partial charge in [0.15, 0.2) is 5.96 Å². The van der Waals surface area contributed by atoms with Gasteiger partial charge in [-0.3, -0.25) is 14.8 Å². The number of aliphatic imine (C=N–C) groups is 2. The molecule has 0 amide bonds. The summed E-state index contributed by atoms with van der Waals surface area (Å²) in [6.45, 7) is 16.6. The first-order valence-electron chi connectivity index (χ1n) is 13.4. The van der Waals surface area contributed by atoms with E-state index < -0.39 is 0 Å². The molecule has 0 aromatic carbocycles. The molecular weight excluding hydrogens is 412 g/mol. The normalized spacial score (nSPS) is 12.7. The third kappa shape index (κ3) is 22.0. The van der Waals surface area contributed by atoms with E-state index in [2.05, 4.69) is 69.1 Å². The Bertz CT molecular complexity index is 542. The molecule has 0 saturated heterocycles. The maximum atomic E-state index is 12.0.